The SMILES string of the molecule is CC(CC(=O)NC1CCC(C(=O)O)CC1)NC(=O)C1CCCCC1. The molecule has 2 amide bonds. The van der Waals surface area contributed by atoms with Crippen LogP contribution in [0.3, 0.4) is 0 Å². The Morgan fingerprint density at radius 2 is 1.58 bits per heavy atom. The molecule has 0 aliphatic heterocycles. The molecule has 2 saturated carbocycles. The van der Waals surface area contributed by atoms with Gasteiger partial charge in [0.05, 0.1) is 5.92 Å². The predicted molar refractivity (Wildman–Crippen MR) is 90.3 cm³/mol. The Bertz CT molecular complexity index is 452. The van der Waals surface area contributed by atoms with Gasteiger partial charge in [-0.05, 0) is 45.4 Å². The molecule has 3 N–H and O–H groups in total. The van der Waals surface area contributed by atoms with Gasteiger partial charge in [0.15, 0.2) is 0 Å². The Labute approximate surface area is 143 Å². The van der Waals surface area contributed by atoms with Crippen molar-refractivity contribution in [3.8, 4) is 0 Å². The molecule has 0 saturated heterocycles. The first-order valence-electron chi connectivity index (χ1n) is 9.28. The van der Waals surface area contributed by atoms with Crippen LogP contribution in [0, 0.1) is 11.8 Å². The molecule has 0 spiro atoms. The van der Waals surface area contributed by atoms with E-state index in [0.29, 0.717) is 25.7 Å². The summed E-state index contributed by atoms with van der Waals surface area (Å²) in [5.41, 5.74) is 0. The fraction of sp³-hybridized carbons (Fsp3) is 0.833. The molecular formula is C18H30N2O4. The Kier molecular flexibility index (Phi) is 7.06. The maximum absolute atomic E-state index is 12.2. The summed E-state index contributed by atoms with van der Waals surface area (Å²) in [6.45, 7) is 1.86. The zero-order valence-electron chi connectivity index (χ0n) is 14.6. The smallest absolute Gasteiger partial charge is 0.306 e. The number of nitrogens with one attached hydrogen (secondary N) is 2. The van der Waals surface area contributed by atoms with Crippen LogP contribution in [0.25, 0.3) is 0 Å². The van der Waals surface area contributed by atoms with Crippen LogP contribution in [0.5, 0.6) is 0 Å². The van der Waals surface area contributed by atoms with Crippen LogP contribution in [0.15, 0.2) is 0 Å². The number of hydrogen-bond acceptors (Lipinski definition) is 3. The molecule has 1 atom stereocenters. The fourth-order valence-corrected chi connectivity index (χ4v) is 3.83. The maximum Gasteiger partial charge on any atom is 0.306 e. The van der Waals surface area contributed by atoms with Crippen molar-refractivity contribution < 1.29 is 19.5 Å². The van der Waals surface area contributed by atoms with E-state index in [2.05, 4.69) is 10.6 Å². The summed E-state index contributed by atoms with van der Waals surface area (Å²) in [4.78, 5) is 35.2. The molecule has 0 aromatic rings. The van der Waals surface area contributed by atoms with E-state index >= 15 is 0 Å². The minimum Gasteiger partial charge on any atom is -0.481 e. The number of carboxylic acids is 1. The Hall–Kier alpha value is -1.59. The molecule has 6 nitrogen and oxygen atoms in total. The van der Waals surface area contributed by atoms with Crippen LogP contribution in [-0.2, 0) is 14.4 Å². The molecule has 2 fully saturated rings. The highest BCUT2D eigenvalue weighted by Crippen LogP contribution is 2.25. The van der Waals surface area contributed by atoms with Crippen molar-refractivity contribution in [3.63, 3.8) is 0 Å². The first kappa shape index (κ1) is 18.7. The molecule has 0 aromatic carbocycles. The molecule has 24 heavy (non-hydrogen) atoms. The van der Waals surface area contributed by atoms with E-state index in [0.717, 1.165) is 25.7 Å². The fourth-order valence-electron chi connectivity index (χ4n) is 3.83. The maximum atomic E-state index is 12.2. The predicted octanol–water partition coefficient (Wildman–Crippen LogP) is 2.22. The molecule has 0 bridgehead atoms. The minimum absolute atomic E-state index is 0.0642. The topological polar surface area (TPSA) is 95.5 Å². The van der Waals surface area contributed by atoms with Crippen LogP contribution in [-0.4, -0.2) is 35.0 Å². The number of hydrogen-bond donors (Lipinski definition) is 3. The zero-order valence-corrected chi connectivity index (χ0v) is 14.6. The van der Waals surface area contributed by atoms with Crippen LogP contribution >= 0.6 is 0 Å². The van der Waals surface area contributed by atoms with Gasteiger partial charge in [-0.1, -0.05) is 19.3 Å². The van der Waals surface area contributed by atoms with E-state index in [1.807, 2.05) is 6.92 Å². The third kappa shape index (κ3) is 5.80. The van der Waals surface area contributed by atoms with E-state index in [9.17, 15) is 14.4 Å². The molecule has 1 unspecified atom stereocenters. The largest absolute Gasteiger partial charge is 0.481 e. The average molecular weight is 338 g/mol. The summed E-state index contributed by atoms with van der Waals surface area (Å²) in [6, 6.07) is -0.107. The first-order valence-corrected chi connectivity index (χ1v) is 9.28. The lowest BCUT2D eigenvalue weighted by Gasteiger charge is -2.27. The molecule has 136 valence electrons. The molecule has 0 aromatic heterocycles. The molecular weight excluding hydrogens is 308 g/mol. The second-order valence-electron chi connectivity index (χ2n) is 7.40. The standard InChI is InChI=1S/C18H30N2O4/c1-12(19-17(22)13-5-3-2-4-6-13)11-16(21)20-15-9-7-14(8-10-15)18(23)24/h12-15H,2-11H2,1H3,(H,19,22)(H,20,21)(H,23,24). The molecule has 2 rings (SSSR count). The van der Waals surface area contributed by atoms with Gasteiger partial charge in [-0.25, -0.2) is 0 Å². The van der Waals surface area contributed by atoms with E-state index in [-0.39, 0.29) is 42.2 Å². The summed E-state index contributed by atoms with van der Waals surface area (Å²) in [6.07, 6.45) is 8.30. The van der Waals surface area contributed by atoms with Gasteiger partial charge in [-0.2, -0.15) is 0 Å². The lowest BCUT2D eigenvalue weighted by molar-refractivity contribution is -0.142. The van der Waals surface area contributed by atoms with Crippen molar-refractivity contribution in [2.75, 3.05) is 0 Å². The highest BCUT2D eigenvalue weighted by molar-refractivity contribution is 5.81. The number of carboxylic acid groups (broad SMARTS) is 1. The van der Waals surface area contributed by atoms with Gasteiger partial charge < -0.3 is 15.7 Å². The number of carbonyl (C=O) groups is 3. The second kappa shape index (κ2) is 9.04. The van der Waals surface area contributed by atoms with Crippen LogP contribution in [0.4, 0.5) is 0 Å². The highest BCUT2D eigenvalue weighted by atomic mass is 16.4. The van der Waals surface area contributed by atoms with Gasteiger partial charge in [0.2, 0.25) is 11.8 Å². The van der Waals surface area contributed by atoms with Crippen molar-refractivity contribution in [1.29, 1.82) is 0 Å². The number of rotatable bonds is 6. The number of amides is 2. The van der Waals surface area contributed by atoms with E-state index in [1.165, 1.54) is 6.42 Å². The van der Waals surface area contributed by atoms with Crippen LogP contribution in [0.2, 0.25) is 0 Å². The molecule has 2 aliphatic rings. The van der Waals surface area contributed by atoms with Gasteiger partial charge >= 0.3 is 5.97 Å². The average Bonchev–Trinajstić information content (AvgIpc) is 2.55. The third-order valence-corrected chi connectivity index (χ3v) is 5.30. The first-order chi connectivity index (χ1) is 11.5. The van der Waals surface area contributed by atoms with Crippen molar-refractivity contribution in [2.45, 2.75) is 83.2 Å². The summed E-state index contributed by atoms with van der Waals surface area (Å²) < 4.78 is 0. The van der Waals surface area contributed by atoms with E-state index in [4.69, 9.17) is 5.11 Å². The van der Waals surface area contributed by atoms with Crippen molar-refractivity contribution in [3.05, 3.63) is 0 Å². The Morgan fingerprint density at radius 1 is 0.958 bits per heavy atom. The van der Waals surface area contributed by atoms with Gasteiger partial charge in [-0.3, -0.25) is 14.4 Å². The number of aliphatic carboxylic acids is 1. The van der Waals surface area contributed by atoms with Gasteiger partial charge in [0, 0.05) is 24.4 Å². The van der Waals surface area contributed by atoms with Crippen molar-refractivity contribution in [2.24, 2.45) is 11.8 Å². The summed E-state index contributed by atoms with van der Waals surface area (Å²) in [5, 5.41) is 14.9. The van der Waals surface area contributed by atoms with E-state index in [1.54, 1.807) is 0 Å². The third-order valence-electron chi connectivity index (χ3n) is 5.30. The van der Waals surface area contributed by atoms with Gasteiger partial charge in [0.1, 0.15) is 0 Å². The quantitative estimate of drug-likeness (QED) is 0.692. The second-order valence-corrected chi connectivity index (χ2v) is 7.40. The lowest BCUT2D eigenvalue weighted by Crippen LogP contribution is -2.43. The Morgan fingerprint density at radius 3 is 2.17 bits per heavy atom. The van der Waals surface area contributed by atoms with Gasteiger partial charge in [-0.15, -0.1) is 0 Å². The summed E-state index contributed by atoms with van der Waals surface area (Å²) in [7, 11) is 0. The van der Waals surface area contributed by atoms with Crippen molar-refractivity contribution in [1.82, 2.24) is 10.6 Å². The molecule has 0 heterocycles. The molecule has 2 aliphatic carbocycles. The molecule has 0 radical (unpaired) electrons. The summed E-state index contributed by atoms with van der Waals surface area (Å²) in [5.74, 6) is -0.886. The molecule has 6 heteroatoms. The van der Waals surface area contributed by atoms with E-state index < -0.39 is 5.97 Å². The van der Waals surface area contributed by atoms with Crippen LogP contribution in [0.1, 0.15) is 71.1 Å². The highest BCUT2D eigenvalue weighted by Gasteiger charge is 2.27. The number of carbonyl (C=O) groups excluding carboxylic acids is 2. The minimum atomic E-state index is -0.737. The Balaban J connectivity index is 1.66. The zero-order chi connectivity index (χ0) is 17.5. The summed E-state index contributed by atoms with van der Waals surface area (Å²) >= 11 is 0. The van der Waals surface area contributed by atoms with Gasteiger partial charge in [0.25, 0.3) is 0 Å². The van der Waals surface area contributed by atoms with Crippen LogP contribution < -0.4 is 10.6 Å². The van der Waals surface area contributed by atoms with Crippen molar-refractivity contribution >= 4 is 17.8 Å². The normalized spacial score (nSPS) is 26.4. The lowest BCUT2D eigenvalue weighted by atomic mass is 9.86. The monoisotopic (exact) mass is 338 g/mol.